The lowest BCUT2D eigenvalue weighted by molar-refractivity contribution is 0.380. The SMILES string of the molecule is CC(C)Sc1ccc(-c2noc(CN)n2)cc1Cl. The number of nitrogens with two attached hydrogens (primary N) is 1. The van der Waals surface area contributed by atoms with Crippen molar-refractivity contribution in [3.8, 4) is 11.4 Å². The van der Waals surface area contributed by atoms with E-state index in [1.165, 1.54) is 0 Å². The van der Waals surface area contributed by atoms with Gasteiger partial charge in [-0.3, -0.25) is 0 Å². The van der Waals surface area contributed by atoms with Crippen LogP contribution in [-0.2, 0) is 6.54 Å². The van der Waals surface area contributed by atoms with Crippen molar-refractivity contribution in [2.45, 2.75) is 30.5 Å². The van der Waals surface area contributed by atoms with E-state index in [4.69, 9.17) is 21.9 Å². The third kappa shape index (κ3) is 3.04. The molecule has 0 bridgehead atoms. The van der Waals surface area contributed by atoms with Crippen LogP contribution in [0.1, 0.15) is 19.7 Å². The molecule has 0 amide bonds. The number of benzene rings is 1. The summed E-state index contributed by atoms with van der Waals surface area (Å²) in [6.45, 7) is 4.49. The molecule has 0 unspecified atom stereocenters. The summed E-state index contributed by atoms with van der Waals surface area (Å²) >= 11 is 7.95. The van der Waals surface area contributed by atoms with Crippen LogP contribution in [0.25, 0.3) is 11.4 Å². The van der Waals surface area contributed by atoms with Gasteiger partial charge in [-0.1, -0.05) is 30.6 Å². The second-order valence-electron chi connectivity index (χ2n) is 4.03. The summed E-state index contributed by atoms with van der Waals surface area (Å²) in [5.41, 5.74) is 6.25. The van der Waals surface area contributed by atoms with Crippen molar-refractivity contribution in [3.63, 3.8) is 0 Å². The van der Waals surface area contributed by atoms with E-state index in [-0.39, 0.29) is 6.54 Å². The van der Waals surface area contributed by atoms with E-state index in [0.29, 0.717) is 22.0 Å². The van der Waals surface area contributed by atoms with Crippen LogP contribution >= 0.6 is 23.4 Å². The molecule has 1 heterocycles. The van der Waals surface area contributed by atoms with E-state index in [2.05, 4.69) is 24.0 Å². The first-order valence-corrected chi connectivity index (χ1v) is 6.85. The van der Waals surface area contributed by atoms with Crippen molar-refractivity contribution in [1.29, 1.82) is 0 Å². The molecule has 0 aliphatic carbocycles. The van der Waals surface area contributed by atoms with Crippen molar-refractivity contribution in [2.75, 3.05) is 0 Å². The molecule has 2 N–H and O–H groups in total. The Hall–Kier alpha value is -1.04. The van der Waals surface area contributed by atoms with Gasteiger partial charge in [-0.25, -0.2) is 0 Å². The van der Waals surface area contributed by atoms with Crippen molar-refractivity contribution in [2.24, 2.45) is 5.73 Å². The molecule has 0 aliphatic heterocycles. The van der Waals surface area contributed by atoms with E-state index < -0.39 is 0 Å². The lowest BCUT2D eigenvalue weighted by Crippen LogP contribution is -1.95. The summed E-state index contributed by atoms with van der Waals surface area (Å²) in [5, 5.41) is 5.05. The van der Waals surface area contributed by atoms with E-state index in [1.807, 2.05) is 18.2 Å². The van der Waals surface area contributed by atoms with Crippen LogP contribution in [0.15, 0.2) is 27.6 Å². The Balaban J connectivity index is 2.28. The quantitative estimate of drug-likeness (QED) is 0.872. The summed E-state index contributed by atoms with van der Waals surface area (Å²) in [5.74, 6) is 0.931. The lowest BCUT2D eigenvalue weighted by atomic mass is 10.2. The van der Waals surface area contributed by atoms with Crippen molar-refractivity contribution in [1.82, 2.24) is 10.1 Å². The minimum Gasteiger partial charge on any atom is -0.338 e. The van der Waals surface area contributed by atoms with Gasteiger partial charge < -0.3 is 10.3 Å². The van der Waals surface area contributed by atoms with Gasteiger partial charge in [0.15, 0.2) is 0 Å². The van der Waals surface area contributed by atoms with Gasteiger partial charge in [-0.15, -0.1) is 11.8 Å². The summed E-state index contributed by atoms with van der Waals surface area (Å²) in [6.07, 6.45) is 0. The van der Waals surface area contributed by atoms with E-state index in [9.17, 15) is 0 Å². The van der Waals surface area contributed by atoms with Crippen LogP contribution < -0.4 is 5.73 Å². The number of halogens is 1. The number of nitrogens with zero attached hydrogens (tertiary/aromatic N) is 2. The van der Waals surface area contributed by atoms with Gasteiger partial charge in [0.1, 0.15) is 0 Å². The second-order valence-corrected chi connectivity index (χ2v) is 6.05. The number of thioether (sulfide) groups is 1. The average Bonchev–Trinajstić information content (AvgIpc) is 2.80. The van der Waals surface area contributed by atoms with Gasteiger partial charge in [0.2, 0.25) is 11.7 Å². The summed E-state index contributed by atoms with van der Waals surface area (Å²) in [7, 11) is 0. The van der Waals surface area contributed by atoms with Gasteiger partial charge in [0.05, 0.1) is 11.6 Å². The van der Waals surface area contributed by atoms with Gasteiger partial charge >= 0.3 is 0 Å². The largest absolute Gasteiger partial charge is 0.338 e. The molecular weight excluding hydrogens is 270 g/mol. The number of aromatic nitrogens is 2. The highest BCUT2D eigenvalue weighted by atomic mass is 35.5. The van der Waals surface area contributed by atoms with Crippen LogP contribution in [0.2, 0.25) is 5.02 Å². The van der Waals surface area contributed by atoms with Crippen molar-refractivity contribution >= 4 is 23.4 Å². The molecule has 0 fully saturated rings. The maximum absolute atomic E-state index is 6.23. The highest BCUT2D eigenvalue weighted by Gasteiger charge is 2.10. The zero-order valence-corrected chi connectivity index (χ0v) is 11.8. The molecule has 0 aliphatic rings. The summed E-state index contributed by atoms with van der Waals surface area (Å²) in [6, 6.07) is 5.75. The summed E-state index contributed by atoms with van der Waals surface area (Å²) < 4.78 is 4.97. The van der Waals surface area contributed by atoms with Crippen LogP contribution in [-0.4, -0.2) is 15.4 Å². The van der Waals surface area contributed by atoms with Gasteiger partial charge in [-0.2, -0.15) is 4.98 Å². The molecule has 96 valence electrons. The Morgan fingerprint density at radius 2 is 2.22 bits per heavy atom. The minimum atomic E-state index is 0.238. The fourth-order valence-corrected chi connectivity index (χ4v) is 2.58. The van der Waals surface area contributed by atoms with Gasteiger partial charge in [-0.05, 0) is 18.2 Å². The van der Waals surface area contributed by atoms with E-state index in [0.717, 1.165) is 10.5 Å². The average molecular weight is 284 g/mol. The number of hydrogen-bond donors (Lipinski definition) is 1. The Bertz CT molecular complexity index is 542. The van der Waals surface area contributed by atoms with Crippen LogP contribution in [0.3, 0.4) is 0 Å². The van der Waals surface area contributed by atoms with Gasteiger partial charge in [0.25, 0.3) is 0 Å². The Labute approximate surface area is 115 Å². The Morgan fingerprint density at radius 3 is 2.78 bits per heavy atom. The third-order valence-corrected chi connectivity index (χ3v) is 3.70. The molecule has 0 spiro atoms. The molecule has 1 aromatic carbocycles. The van der Waals surface area contributed by atoms with E-state index >= 15 is 0 Å². The molecule has 0 saturated carbocycles. The first kappa shape index (κ1) is 13.4. The van der Waals surface area contributed by atoms with Crippen LogP contribution in [0, 0.1) is 0 Å². The first-order valence-electron chi connectivity index (χ1n) is 5.59. The van der Waals surface area contributed by atoms with Crippen molar-refractivity contribution < 1.29 is 4.52 Å². The Kier molecular flexibility index (Phi) is 4.27. The van der Waals surface area contributed by atoms with Gasteiger partial charge in [0, 0.05) is 15.7 Å². The lowest BCUT2D eigenvalue weighted by Gasteiger charge is -2.07. The highest BCUT2D eigenvalue weighted by molar-refractivity contribution is 8.00. The maximum atomic E-state index is 6.23. The van der Waals surface area contributed by atoms with Crippen LogP contribution in [0.4, 0.5) is 0 Å². The highest BCUT2D eigenvalue weighted by Crippen LogP contribution is 2.32. The monoisotopic (exact) mass is 283 g/mol. The smallest absolute Gasteiger partial charge is 0.240 e. The second kappa shape index (κ2) is 5.73. The normalized spacial score (nSPS) is 11.2. The topological polar surface area (TPSA) is 64.9 Å². The molecule has 6 heteroatoms. The van der Waals surface area contributed by atoms with Crippen molar-refractivity contribution in [3.05, 3.63) is 29.1 Å². The predicted molar refractivity (Wildman–Crippen MR) is 73.6 cm³/mol. The molecule has 0 radical (unpaired) electrons. The zero-order valence-electron chi connectivity index (χ0n) is 10.2. The molecule has 0 atom stereocenters. The molecule has 2 aromatic rings. The third-order valence-electron chi connectivity index (χ3n) is 2.20. The summed E-state index contributed by atoms with van der Waals surface area (Å²) in [4.78, 5) is 5.22. The minimum absolute atomic E-state index is 0.238. The number of hydrogen-bond acceptors (Lipinski definition) is 5. The molecule has 4 nitrogen and oxygen atoms in total. The number of rotatable bonds is 4. The molecule has 2 rings (SSSR count). The predicted octanol–water partition coefficient (Wildman–Crippen LogP) is 3.35. The Morgan fingerprint density at radius 1 is 1.44 bits per heavy atom. The van der Waals surface area contributed by atoms with Crippen LogP contribution in [0.5, 0.6) is 0 Å². The molecule has 1 aromatic heterocycles. The molecule has 0 saturated heterocycles. The van der Waals surface area contributed by atoms with E-state index in [1.54, 1.807) is 11.8 Å². The first-order chi connectivity index (χ1) is 8.60. The fourth-order valence-electron chi connectivity index (χ4n) is 1.44. The maximum Gasteiger partial charge on any atom is 0.240 e. The zero-order chi connectivity index (χ0) is 13.1. The standard InChI is InChI=1S/C12H14ClN3OS/c1-7(2)18-10-4-3-8(5-9(10)13)12-15-11(6-14)17-16-12/h3-5,7H,6,14H2,1-2H3. The molecular formula is C12H14ClN3OS. The molecule has 18 heavy (non-hydrogen) atoms. The fraction of sp³-hybridized carbons (Fsp3) is 0.333.